The van der Waals surface area contributed by atoms with E-state index in [1.807, 2.05) is 0 Å². The van der Waals surface area contributed by atoms with Crippen molar-refractivity contribution < 1.29 is 27.1 Å². The van der Waals surface area contributed by atoms with Gasteiger partial charge >= 0.3 is 12.5 Å². The average molecular weight is 313 g/mol. The van der Waals surface area contributed by atoms with E-state index in [4.69, 9.17) is 4.74 Å². The fourth-order valence-corrected chi connectivity index (χ4v) is 2.09. The summed E-state index contributed by atoms with van der Waals surface area (Å²) in [5, 5.41) is 0. The molecule has 116 valence electrons. The Morgan fingerprint density at radius 1 is 1.05 bits per heavy atom. The molecule has 2 rings (SSSR count). The molecular formula is C15H11F4NO2. The van der Waals surface area contributed by atoms with Crippen molar-refractivity contribution in [1.29, 1.82) is 0 Å². The van der Waals surface area contributed by atoms with Crippen molar-refractivity contribution in [2.24, 2.45) is 0 Å². The molecule has 0 saturated heterocycles. The molecule has 7 heteroatoms. The lowest BCUT2D eigenvalue weighted by Crippen LogP contribution is -2.40. The molecule has 0 aliphatic rings. The van der Waals surface area contributed by atoms with Gasteiger partial charge in [-0.1, -0.05) is 42.5 Å². The largest absolute Gasteiger partial charge is 0.494 e. The number of alkyl halides is 3. The van der Waals surface area contributed by atoms with Gasteiger partial charge in [0.15, 0.2) is 5.75 Å². The minimum atomic E-state index is -5.20. The molecule has 0 atom stereocenters. The lowest BCUT2D eigenvalue weighted by molar-refractivity contribution is -0.122. The lowest BCUT2D eigenvalue weighted by Gasteiger charge is -2.24. The van der Waals surface area contributed by atoms with Crippen molar-refractivity contribution >= 4 is 11.8 Å². The fourth-order valence-electron chi connectivity index (χ4n) is 2.09. The van der Waals surface area contributed by atoms with Crippen LogP contribution in [0, 0.1) is 0 Å². The van der Waals surface area contributed by atoms with Crippen LogP contribution in [0.15, 0.2) is 48.5 Å². The Bertz CT molecular complexity index is 671. The number of carbonyl (C=O) groups is 1. The highest BCUT2D eigenvalue weighted by atomic mass is 19.4. The van der Waals surface area contributed by atoms with Gasteiger partial charge in [-0.15, -0.1) is 17.6 Å². The van der Waals surface area contributed by atoms with Gasteiger partial charge < -0.3 is 4.74 Å². The van der Waals surface area contributed by atoms with Crippen LogP contribution in [0.5, 0.6) is 5.75 Å². The highest BCUT2D eigenvalue weighted by molar-refractivity contribution is 5.92. The second kappa shape index (κ2) is 6.05. The average Bonchev–Trinajstić information content (AvgIpc) is 2.46. The molecule has 0 aliphatic heterocycles. The van der Waals surface area contributed by atoms with Crippen molar-refractivity contribution in [2.75, 3.05) is 12.0 Å². The summed E-state index contributed by atoms with van der Waals surface area (Å²) < 4.78 is 56.7. The summed E-state index contributed by atoms with van der Waals surface area (Å²) in [5.41, 5.74) is 0.189. The molecule has 0 aromatic heterocycles. The van der Waals surface area contributed by atoms with Gasteiger partial charge in [-0.2, -0.15) is 4.90 Å². The van der Waals surface area contributed by atoms with Gasteiger partial charge in [0.05, 0.1) is 12.8 Å². The fraction of sp³-hybridized carbons (Fsp3) is 0.133. The van der Waals surface area contributed by atoms with Crippen molar-refractivity contribution in [2.45, 2.75) is 6.30 Å². The number of amides is 1. The van der Waals surface area contributed by atoms with Crippen LogP contribution in [-0.2, 0) is 0 Å². The predicted molar refractivity (Wildman–Crippen MR) is 73.5 cm³/mol. The Hall–Kier alpha value is -2.57. The summed E-state index contributed by atoms with van der Waals surface area (Å²) in [6.07, 6.45) is -7.83. The third kappa shape index (κ3) is 3.03. The molecule has 22 heavy (non-hydrogen) atoms. The van der Waals surface area contributed by atoms with E-state index < -0.39 is 23.0 Å². The van der Waals surface area contributed by atoms with Crippen molar-refractivity contribution in [3.8, 4) is 16.9 Å². The zero-order valence-electron chi connectivity index (χ0n) is 11.4. The van der Waals surface area contributed by atoms with E-state index in [1.165, 1.54) is 12.1 Å². The highest BCUT2D eigenvalue weighted by Crippen LogP contribution is 2.42. The maximum atomic E-state index is 12.9. The molecular weight excluding hydrogens is 302 g/mol. The Labute approximate surface area is 123 Å². The van der Waals surface area contributed by atoms with Gasteiger partial charge in [0.2, 0.25) is 0 Å². The first kappa shape index (κ1) is 15.8. The number of methoxy groups -OCH3 is 1. The van der Waals surface area contributed by atoms with Crippen LogP contribution in [0.4, 0.5) is 28.0 Å². The molecule has 0 unspecified atom stereocenters. The first-order chi connectivity index (χ1) is 10.4. The number of rotatable bonds is 3. The summed E-state index contributed by atoms with van der Waals surface area (Å²) >= 11 is 0. The Kier molecular flexibility index (Phi) is 4.35. The Balaban J connectivity index is 2.66. The molecule has 0 fully saturated rings. The lowest BCUT2D eigenvalue weighted by atomic mass is 10.0. The smallest absolute Gasteiger partial charge is 0.493 e. The number of nitrogens with zero attached hydrogens (tertiary/aromatic N) is 1. The summed E-state index contributed by atoms with van der Waals surface area (Å²) in [7, 11) is 1.16. The van der Waals surface area contributed by atoms with Gasteiger partial charge in [-0.3, -0.25) is 0 Å². The molecule has 0 spiro atoms. The molecule has 0 N–H and O–H groups in total. The van der Waals surface area contributed by atoms with Gasteiger partial charge in [0, 0.05) is 5.56 Å². The number of para-hydroxylation sites is 1. The first-order valence-corrected chi connectivity index (χ1v) is 6.15. The Morgan fingerprint density at radius 3 is 2.18 bits per heavy atom. The molecule has 2 aromatic rings. The van der Waals surface area contributed by atoms with E-state index in [1.54, 1.807) is 30.3 Å². The van der Waals surface area contributed by atoms with Crippen LogP contribution in [0.25, 0.3) is 11.1 Å². The van der Waals surface area contributed by atoms with Crippen LogP contribution in [0.3, 0.4) is 0 Å². The molecule has 0 heterocycles. The number of hydrogen-bond donors (Lipinski definition) is 0. The van der Waals surface area contributed by atoms with Crippen LogP contribution in [0.1, 0.15) is 0 Å². The van der Waals surface area contributed by atoms with Gasteiger partial charge in [0.1, 0.15) is 0 Å². The maximum absolute atomic E-state index is 12.9. The molecule has 0 aliphatic carbocycles. The SMILES string of the molecule is COc1c(-c2ccccc2)cccc1N(C(=O)F)C(F)(F)F. The summed E-state index contributed by atoms with van der Waals surface area (Å²) in [5.74, 6) is -0.239. The highest BCUT2D eigenvalue weighted by Gasteiger charge is 2.44. The second-order valence-electron chi connectivity index (χ2n) is 4.28. The van der Waals surface area contributed by atoms with Crippen LogP contribution < -0.4 is 9.64 Å². The minimum absolute atomic E-state index is 0.239. The van der Waals surface area contributed by atoms with E-state index in [9.17, 15) is 22.4 Å². The van der Waals surface area contributed by atoms with Crippen molar-refractivity contribution in [3.63, 3.8) is 0 Å². The normalized spacial score (nSPS) is 11.1. The van der Waals surface area contributed by atoms with Gasteiger partial charge in [-0.05, 0) is 11.6 Å². The van der Waals surface area contributed by atoms with E-state index >= 15 is 0 Å². The molecule has 0 radical (unpaired) electrons. The van der Waals surface area contributed by atoms with E-state index in [0.29, 0.717) is 11.1 Å². The monoisotopic (exact) mass is 313 g/mol. The molecule has 1 amide bonds. The summed E-state index contributed by atoms with van der Waals surface area (Å²) in [6.45, 7) is 0. The van der Waals surface area contributed by atoms with E-state index in [2.05, 4.69) is 0 Å². The van der Waals surface area contributed by atoms with Crippen molar-refractivity contribution in [3.05, 3.63) is 48.5 Å². The third-order valence-corrected chi connectivity index (χ3v) is 2.95. The zero-order valence-corrected chi connectivity index (χ0v) is 11.4. The number of hydrogen-bond acceptors (Lipinski definition) is 2. The first-order valence-electron chi connectivity index (χ1n) is 6.15. The third-order valence-electron chi connectivity index (χ3n) is 2.95. The predicted octanol–water partition coefficient (Wildman–Crippen LogP) is 4.78. The van der Waals surface area contributed by atoms with Crippen molar-refractivity contribution in [1.82, 2.24) is 0 Å². The molecule has 3 nitrogen and oxygen atoms in total. The maximum Gasteiger partial charge on any atom is 0.493 e. The van der Waals surface area contributed by atoms with Crippen LogP contribution in [0.2, 0.25) is 0 Å². The number of halogens is 4. The summed E-state index contributed by atoms with van der Waals surface area (Å²) in [6, 6.07) is 12.3. The minimum Gasteiger partial charge on any atom is -0.494 e. The van der Waals surface area contributed by atoms with E-state index in [-0.39, 0.29) is 5.75 Å². The summed E-state index contributed by atoms with van der Waals surface area (Å²) in [4.78, 5) is 9.90. The van der Waals surface area contributed by atoms with Gasteiger partial charge in [-0.25, -0.2) is 4.79 Å². The molecule has 2 aromatic carbocycles. The zero-order chi connectivity index (χ0) is 16.3. The quantitative estimate of drug-likeness (QED) is 0.464. The number of benzene rings is 2. The molecule has 0 saturated carbocycles. The van der Waals surface area contributed by atoms with Crippen LogP contribution >= 0.6 is 0 Å². The second-order valence-corrected chi connectivity index (χ2v) is 4.28. The van der Waals surface area contributed by atoms with Gasteiger partial charge in [0.25, 0.3) is 0 Å². The number of anilines is 1. The van der Waals surface area contributed by atoms with Crippen LogP contribution in [-0.4, -0.2) is 19.6 Å². The Morgan fingerprint density at radius 2 is 1.68 bits per heavy atom. The topological polar surface area (TPSA) is 29.5 Å². The number of ether oxygens (including phenoxy) is 1. The number of carbonyl (C=O) groups excluding carboxylic acids is 1. The standard InChI is InChI=1S/C15H11F4NO2/c1-22-13-11(10-6-3-2-4-7-10)8-5-9-12(13)20(14(16)21)15(17,18)19/h2-9H,1H3. The molecule has 0 bridgehead atoms. The van der Waals surface area contributed by atoms with E-state index in [0.717, 1.165) is 13.2 Å².